The molecule has 0 fully saturated rings. The Morgan fingerprint density at radius 2 is 2.15 bits per heavy atom. The van der Waals surface area contributed by atoms with Gasteiger partial charge in [-0.3, -0.25) is 0 Å². The lowest BCUT2D eigenvalue weighted by Crippen LogP contribution is -2.31. The van der Waals surface area contributed by atoms with Gasteiger partial charge in [-0.05, 0) is 62.8 Å². The van der Waals surface area contributed by atoms with Crippen LogP contribution in [-0.2, 0) is 6.42 Å². The molecule has 0 saturated heterocycles. The number of rotatable bonds is 6. The number of nitrogens with one attached hydrogen (secondary N) is 1. The van der Waals surface area contributed by atoms with Crippen LogP contribution >= 0.6 is 15.9 Å². The van der Waals surface area contributed by atoms with E-state index in [1.54, 1.807) is 17.7 Å². The van der Waals surface area contributed by atoms with Gasteiger partial charge in [-0.25, -0.2) is 4.39 Å². The topological polar surface area (TPSA) is 12.0 Å². The van der Waals surface area contributed by atoms with E-state index in [0.717, 1.165) is 23.9 Å². The second kappa shape index (κ2) is 7.94. The summed E-state index contributed by atoms with van der Waals surface area (Å²) in [4.78, 5) is 0. The standard InChI is InChI=1S/C17H23BrFN/c1-2-20-16(10-13-6-4-3-5-7-13)11-14-8-9-15(19)12-17(14)18/h6,8-9,12,16,20H,2-5,7,10-11H2,1H3. The Bertz CT molecular complexity index is 470. The van der Waals surface area contributed by atoms with Crippen LogP contribution in [0.5, 0.6) is 0 Å². The lowest BCUT2D eigenvalue weighted by Gasteiger charge is -2.22. The van der Waals surface area contributed by atoms with Crippen LogP contribution in [0.4, 0.5) is 4.39 Å². The summed E-state index contributed by atoms with van der Waals surface area (Å²) in [5.41, 5.74) is 2.76. The molecule has 0 aromatic heterocycles. The molecule has 0 heterocycles. The van der Waals surface area contributed by atoms with Gasteiger partial charge in [0.2, 0.25) is 0 Å². The second-order valence-electron chi connectivity index (χ2n) is 5.51. The zero-order valence-corrected chi connectivity index (χ0v) is 13.7. The first-order chi connectivity index (χ1) is 9.69. The maximum Gasteiger partial charge on any atom is 0.124 e. The third-order valence-electron chi connectivity index (χ3n) is 3.87. The molecule has 3 heteroatoms. The Morgan fingerprint density at radius 3 is 2.80 bits per heavy atom. The van der Waals surface area contributed by atoms with Crippen molar-refractivity contribution in [3.63, 3.8) is 0 Å². The SMILES string of the molecule is CCNC(CC1=CCCCC1)Cc1ccc(F)cc1Br. The molecule has 1 aliphatic rings. The van der Waals surface area contributed by atoms with Gasteiger partial charge in [0.15, 0.2) is 0 Å². The van der Waals surface area contributed by atoms with E-state index in [-0.39, 0.29) is 5.82 Å². The molecule has 0 aliphatic heterocycles. The lowest BCUT2D eigenvalue weighted by molar-refractivity contribution is 0.503. The number of hydrogen-bond donors (Lipinski definition) is 1. The highest BCUT2D eigenvalue weighted by atomic mass is 79.9. The van der Waals surface area contributed by atoms with Crippen molar-refractivity contribution >= 4 is 15.9 Å². The molecule has 110 valence electrons. The van der Waals surface area contributed by atoms with Crippen molar-refractivity contribution in [3.05, 3.63) is 45.7 Å². The summed E-state index contributed by atoms with van der Waals surface area (Å²) < 4.78 is 14.0. The molecule has 1 aromatic rings. The summed E-state index contributed by atoms with van der Waals surface area (Å²) >= 11 is 3.47. The van der Waals surface area contributed by atoms with Crippen LogP contribution in [0.25, 0.3) is 0 Å². The third kappa shape index (κ3) is 4.71. The first kappa shape index (κ1) is 15.7. The molecule has 1 nitrogen and oxygen atoms in total. The smallest absolute Gasteiger partial charge is 0.124 e. The fourth-order valence-electron chi connectivity index (χ4n) is 2.86. The number of benzene rings is 1. The zero-order chi connectivity index (χ0) is 14.4. The van der Waals surface area contributed by atoms with Gasteiger partial charge in [-0.2, -0.15) is 0 Å². The zero-order valence-electron chi connectivity index (χ0n) is 12.1. The van der Waals surface area contributed by atoms with Crippen LogP contribution < -0.4 is 5.32 Å². The van der Waals surface area contributed by atoms with E-state index in [0.29, 0.717) is 6.04 Å². The normalized spacial score (nSPS) is 16.9. The fourth-order valence-corrected chi connectivity index (χ4v) is 3.38. The predicted molar refractivity (Wildman–Crippen MR) is 86.4 cm³/mol. The van der Waals surface area contributed by atoms with Gasteiger partial charge in [0.25, 0.3) is 0 Å². The lowest BCUT2D eigenvalue weighted by atomic mass is 9.92. The van der Waals surface area contributed by atoms with Crippen molar-refractivity contribution in [2.45, 2.75) is 51.5 Å². The first-order valence-electron chi connectivity index (χ1n) is 7.54. The van der Waals surface area contributed by atoms with Crippen molar-refractivity contribution in [3.8, 4) is 0 Å². The summed E-state index contributed by atoms with van der Waals surface area (Å²) in [6, 6.07) is 5.42. The van der Waals surface area contributed by atoms with Gasteiger partial charge in [0.05, 0.1) is 0 Å². The summed E-state index contributed by atoms with van der Waals surface area (Å²) in [6.07, 6.45) is 9.59. The van der Waals surface area contributed by atoms with E-state index in [4.69, 9.17) is 0 Å². The van der Waals surface area contributed by atoms with Gasteiger partial charge in [-0.1, -0.05) is 40.6 Å². The summed E-state index contributed by atoms with van der Waals surface area (Å²) in [6.45, 7) is 3.11. The Balaban J connectivity index is 2.02. The largest absolute Gasteiger partial charge is 0.314 e. The van der Waals surface area contributed by atoms with Gasteiger partial charge in [0.1, 0.15) is 5.82 Å². The average molecular weight is 340 g/mol. The minimum atomic E-state index is -0.185. The number of allylic oxidation sites excluding steroid dienone is 1. The molecule has 0 amide bonds. The molecule has 1 atom stereocenters. The highest BCUT2D eigenvalue weighted by molar-refractivity contribution is 9.10. The predicted octanol–water partition coefficient (Wildman–Crippen LogP) is 5.00. The van der Waals surface area contributed by atoms with Crippen LogP contribution in [-0.4, -0.2) is 12.6 Å². The Hall–Kier alpha value is -0.670. The van der Waals surface area contributed by atoms with Crippen molar-refractivity contribution in [1.29, 1.82) is 0 Å². The highest BCUT2D eigenvalue weighted by Crippen LogP contribution is 2.25. The third-order valence-corrected chi connectivity index (χ3v) is 4.61. The molecule has 1 N–H and O–H groups in total. The summed E-state index contributed by atoms with van der Waals surface area (Å²) in [5.74, 6) is -0.185. The number of halogens is 2. The van der Waals surface area contributed by atoms with Gasteiger partial charge in [0, 0.05) is 10.5 Å². The Kier molecular flexibility index (Phi) is 6.24. The van der Waals surface area contributed by atoms with Crippen molar-refractivity contribution in [2.75, 3.05) is 6.54 Å². The van der Waals surface area contributed by atoms with E-state index in [1.807, 2.05) is 6.07 Å². The fraction of sp³-hybridized carbons (Fsp3) is 0.529. The molecule has 2 rings (SSSR count). The minimum Gasteiger partial charge on any atom is -0.314 e. The van der Waals surface area contributed by atoms with Crippen LogP contribution in [0, 0.1) is 5.82 Å². The van der Waals surface area contributed by atoms with Crippen LogP contribution in [0.1, 0.15) is 44.6 Å². The van der Waals surface area contributed by atoms with Crippen molar-refractivity contribution in [2.24, 2.45) is 0 Å². The molecular weight excluding hydrogens is 317 g/mol. The molecule has 0 saturated carbocycles. The first-order valence-corrected chi connectivity index (χ1v) is 8.33. The van der Waals surface area contributed by atoms with Crippen LogP contribution in [0.2, 0.25) is 0 Å². The van der Waals surface area contributed by atoms with Crippen LogP contribution in [0.15, 0.2) is 34.3 Å². The summed E-state index contributed by atoms with van der Waals surface area (Å²) in [7, 11) is 0. The van der Waals surface area contributed by atoms with Gasteiger partial charge >= 0.3 is 0 Å². The molecule has 1 aliphatic carbocycles. The maximum absolute atomic E-state index is 13.2. The molecule has 20 heavy (non-hydrogen) atoms. The van der Waals surface area contributed by atoms with E-state index in [9.17, 15) is 4.39 Å². The maximum atomic E-state index is 13.2. The van der Waals surface area contributed by atoms with E-state index >= 15 is 0 Å². The van der Waals surface area contributed by atoms with Gasteiger partial charge < -0.3 is 5.32 Å². The number of likely N-dealkylation sites (N-methyl/N-ethyl adjacent to an activating group) is 1. The molecule has 0 bridgehead atoms. The molecule has 0 radical (unpaired) electrons. The summed E-state index contributed by atoms with van der Waals surface area (Å²) in [5, 5.41) is 3.56. The molecular formula is C17H23BrFN. The molecule has 0 spiro atoms. The van der Waals surface area contributed by atoms with Crippen molar-refractivity contribution < 1.29 is 4.39 Å². The Labute approximate surface area is 129 Å². The highest BCUT2D eigenvalue weighted by Gasteiger charge is 2.14. The van der Waals surface area contributed by atoms with E-state index < -0.39 is 0 Å². The Morgan fingerprint density at radius 1 is 1.30 bits per heavy atom. The quantitative estimate of drug-likeness (QED) is 0.719. The number of hydrogen-bond acceptors (Lipinski definition) is 1. The average Bonchev–Trinajstić information content (AvgIpc) is 2.43. The van der Waals surface area contributed by atoms with E-state index in [1.165, 1.54) is 31.2 Å². The monoisotopic (exact) mass is 339 g/mol. The minimum absolute atomic E-state index is 0.185. The second-order valence-corrected chi connectivity index (χ2v) is 6.36. The van der Waals surface area contributed by atoms with Crippen molar-refractivity contribution in [1.82, 2.24) is 5.32 Å². The molecule has 1 unspecified atom stereocenters. The van der Waals surface area contributed by atoms with Gasteiger partial charge in [-0.15, -0.1) is 0 Å². The molecule has 1 aromatic carbocycles. The van der Waals surface area contributed by atoms with E-state index in [2.05, 4.69) is 34.2 Å². The van der Waals surface area contributed by atoms with Crippen LogP contribution in [0.3, 0.4) is 0 Å².